The summed E-state index contributed by atoms with van der Waals surface area (Å²) in [6.07, 6.45) is -0.00830. The third-order valence-electron chi connectivity index (χ3n) is 3.81. The molecule has 0 aromatic rings. The number of hydrogen-bond donors (Lipinski definition) is 2. The zero-order valence-electron chi connectivity index (χ0n) is 12.3. The quantitative estimate of drug-likeness (QED) is 0.664. The summed E-state index contributed by atoms with van der Waals surface area (Å²) < 4.78 is 5.30. The molecule has 118 valence electrons. The van der Waals surface area contributed by atoms with Crippen LogP contribution in [0.5, 0.6) is 0 Å². The van der Waals surface area contributed by atoms with Crippen LogP contribution in [0.2, 0.25) is 0 Å². The van der Waals surface area contributed by atoms with Gasteiger partial charge in [0.15, 0.2) is 0 Å². The zero-order chi connectivity index (χ0) is 15.6. The minimum atomic E-state index is -0.883. The fraction of sp³-hybridized carbons (Fsp3) is 0.769. The van der Waals surface area contributed by atoms with Gasteiger partial charge >= 0.3 is 12.0 Å². The standard InChI is InChI=1S/C13H21N3O5/c1-13(2)11(19)16(12(20)14-13)4-3-15-5-6-21-8-9(15)7-10(17)18/h9H,3-8H2,1-2H3,(H,14,20)(H,17,18). The predicted octanol–water partition coefficient (Wildman–Crippen LogP) is -0.508. The number of urea groups is 1. The van der Waals surface area contributed by atoms with Crippen LogP contribution in [-0.2, 0) is 14.3 Å². The maximum Gasteiger partial charge on any atom is 0.325 e. The molecule has 0 bridgehead atoms. The molecular weight excluding hydrogens is 278 g/mol. The van der Waals surface area contributed by atoms with Gasteiger partial charge in [-0.3, -0.25) is 19.4 Å². The number of rotatable bonds is 5. The average Bonchev–Trinajstić information content (AvgIpc) is 2.58. The first-order valence-electron chi connectivity index (χ1n) is 6.99. The van der Waals surface area contributed by atoms with Gasteiger partial charge in [-0.1, -0.05) is 0 Å². The monoisotopic (exact) mass is 299 g/mol. The Balaban J connectivity index is 1.93. The van der Waals surface area contributed by atoms with Crippen LogP contribution in [0.4, 0.5) is 4.79 Å². The number of carboxylic acid groups (broad SMARTS) is 1. The van der Waals surface area contributed by atoms with Crippen LogP contribution in [0.25, 0.3) is 0 Å². The minimum absolute atomic E-state index is 0.00830. The number of nitrogens with one attached hydrogen (secondary N) is 1. The summed E-state index contributed by atoms with van der Waals surface area (Å²) in [7, 11) is 0. The number of carbonyl (C=O) groups excluding carboxylic acids is 2. The number of imide groups is 1. The van der Waals surface area contributed by atoms with Gasteiger partial charge in [0, 0.05) is 25.7 Å². The first-order chi connectivity index (χ1) is 9.81. The van der Waals surface area contributed by atoms with Crippen LogP contribution in [-0.4, -0.2) is 77.2 Å². The average molecular weight is 299 g/mol. The molecule has 0 aromatic carbocycles. The SMILES string of the molecule is CC1(C)NC(=O)N(CCN2CCOCC2CC(=O)O)C1=O. The zero-order valence-corrected chi connectivity index (χ0v) is 12.3. The van der Waals surface area contributed by atoms with Crippen molar-refractivity contribution >= 4 is 17.9 Å². The molecule has 2 N–H and O–H groups in total. The molecular formula is C13H21N3O5. The highest BCUT2D eigenvalue weighted by molar-refractivity contribution is 6.06. The van der Waals surface area contributed by atoms with Gasteiger partial charge in [0.1, 0.15) is 5.54 Å². The van der Waals surface area contributed by atoms with E-state index < -0.39 is 17.5 Å². The molecule has 2 saturated heterocycles. The van der Waals surface area contributed by atoms with Crippen LogP contribution in [0.15, 0.2) is 0 Å². The Morgan fingerprint density at radius 3 is 2.71 bits per heavy atom. The van der Waals surface area contributed by atoms with Gasteiger partial charge in [0.2, 0.25) is 0 Å². The summed E-state index contributed by atoms with van der Waals surface area (Å²) in [6, 6.07) is -0.613. The van der Waals surface area contributed by atoms with Crippen molar-refractivity contribution in [3.05, 3.63) is 0 Å². The van der Waals surface area contributed by atoms with Crippen LogP contribution >= 0.6 is 0 Å². The molecule has 2 fully saturated rings. The molecule has 0 aliphatic carbocycles. The smallest absolute Gasteiger partial charge is 0.325 e. The van der Waals surface area contributed by atoms with Gasteiger partial charge in [-0.15, -0.1) is 0 Å². The number of carbonyl (C=O) groups is 3. The van der Waals surface area contributed by atoms with E-state index in [2.05, 4.69) is 5.32 Å². The molecule has 0 radical (unpaired) electrons. The Morgan fingerprint density at radius 2 is 2.14 bits per heavy atom. The molecule has 3 amide bonds. The van der Waals surface area contributed by atoms with E-state index in [0.29, 0.717) is 26.3 Å². The van der Waals surface area contributed by atoms with Crippen LogP contribution in [0.3, 0.4) is 0 Å². The molecule has 0 spiro atoms. The fourth-order valence-corrected chi connectivity index (χ4v) is 2.62. The second-order valence-electron chi connectivity index (χ2n) is 5.87. The number of nitrogens with zero attached hydrogens (tertiary/aromatic N) is 2. The van der Waals surface area contributed by atoms with E-state index in [1.165, 1.54) is 4.90 Å². The van der Waals surface area contributed by atoms with E-state index in [9.17, 15) is 14.4 Å². The highest BCUT2D eigenvalue weighted by Gasteiger charge is 2.44. The topological polar surface area (TPSA) is 99.2 Å². The second-order valence-corrected chi connectivity index (χ2v) is 5.87. The first-order valence-corrected chi connectivity index (χ1v) is 6.99. The molecule has 1 unspecified atom stereocenters. The molecule has 2 aliphatic heterocycles. The Morgan fingerprint density at radius 1 is 1.43 bits per heavy atom. The van der Waals surface area contributed by atoms with Crippen molar-refractivity contribution in [2.24, 2.45) is 0 Å². The van der Waals surface area contributed by atoms with Crippen LogP contribution in [0.1, 0.15) is 20.3 Å². The summed E-state index contributed by atoms with van der Waals surface area (Å²) in [5.74, 6) is -1.14. The van der Waals surface area contributed by atoms with E-state index in [0.717, 1.165) is 0 Å². The van der Waals surface area contributed by atoms with E-state index in [1.807, 2.05) is 4.90 Å². The third-order valence-corrected chi connectivity index (χ3v) is 3.81. The highest BCUT2D eigenvalue weighted by Crippen LogP contribution is 2.17. The first kappa shape index (κ1) is 15.7. The summed E-state index contributed by atoms with van der Waals surface area (Å²) in [5, 5.41) is 11.5. The number of ether oxygens (including phenoxy) is 1. The van der Waals surface area contributed by atoms with E-state index in [1.54, 1.807) is 13.8 Å². The van der Waals surface area contributed by atoms with Gasteiger partial charge in [0.25, 0.3) is 5.91 Å². The molecule has 2 rings (SSSR count). The van der Waals surface area contributed by atoms with Gasteiger partial charge in [-0.25, -0.2) is 4.79 Å². The number of hydrogen-bond acceptors (Lipinski definition) is 5. The Labute approximate surface area is 123 Å². The number of amides is 3. The van der Waals surface area contributed by atoms with Crippen molar-refractivity contribution in [2.75, 3.05) is 32.8 Å². The molecule has 8 nitrogen and oxygen atoms in total. The van der Waals surface area contributed by atoms with Crippen molar-refractivity contribution in [2.45, 2.75) is 31.8 Å². The maximum atomic E-state index is 12.1. The number of carboxylic acids is 1. The van der Waals surface area contributed by atoms with Gasteiger partial charge in [-0.05, 0) is 13.8 Å². The highest BCUT2D eigenvalue weighted by atomic mass is 16.5. The lowest BCUT2D eigenvalue weighted by Gasteiger charge is -2.35. The fourth-order valence-electron chi connectivity index (χ4n) is 2.62. The number of aliphatic carboxylic acids is 1. The van der Waals surface area contributed by atoms with Crippen molar-refractivity contribution in [3.8, 4) is 0 Å². The van der Waals surface area contributed by atoms with E-state index >= 15 is 0 Å². The summed E-state index contributed by atoms with van der Waals surface area (Å²) >= 11 is 0. The largest absolute Gasteiger partial charge is 0.481 e. The van der Waals surface area contributed by atoms with E-state index in [4.69, 9.17) is 9.84 Å². The Hall–Kier alpha value is -1.67. The molecule has 1 atom stereocenters. The predicted molar refractivity (Wildman–Crippen MR) is 72.8 cm³/mol. The lowest BCUT2D eigenvalue weighted by molar-refractivity contribution is -0.140. The van der Waals surface area contributed by atoms with Crippen LogP contribution in [0, 0.1) is 0 Å². The molecule has 2 aliphatic rings. The Bertz CT molecular complexity index is 451. The summed E-state index contributed by atoms with van der Waals surface area (Å²) in [6.45, 7) is 5.52. The van der Waals surface area contributed by atoms with Crippen molar-refractivity contribution in [1.82, 2.24) is 15.1 Å². The second kappa shape index (κ2) is 5.98. The van der Waals surface area contributed by atoms with Gasteiger partial charge in [-0.2, -0.15) is 0 Å². The maximum absolute atomic E-state index is 12.1. The van der Waals surface area contributed by atoms with Crippen molar-refractivity contribution in [1.29, 1.82) is 0 Å². The molecule has 21 heavy (non-hydrogen) atoms. The lowest BCUT2D eigenvalue weighted by Crippen LogP contribution is -2.50. The normalized spacial score (nSPS) is 26.0. The van der Waals surface area contributed by atoms with Gasteiger partial charge < -0.3 is 15.2 Å². The molecule has 8 heteroatoms. The molecule has 0 saturated carbocycles. The molecule has 2 heterocycles. The number of morpholine rings is 1. The molecule has 0 aromatic heterocycles. The van der Waals surface area contributed by atoms with Gasteiger partial charge in [0.05, 0.1) is 19.6 Å². The minimum Gasteiger partial charge on any atom is -0.481 e. The van der Waals surface area contributed by atoms with Crippen molar-refractivity contribution in [3.63, 3.8) is 0 Å². The summed E-state index contributed by atoms with van der Waals surface area (Å²) in [4.78, 5) is 37.9. The van der Waals surface area contributed by atoms with Crippen molar-refractivity contribution < 1.29 is 24.2 Å². The van der Waals surface area contributed by atoms with E-state index in [-0.39, 0.29) is 24.9 Å². The Kier molecular flexibility index (Phi) is 4.48. The lowest BCUT2D eigenvalue weighted by atomic mass is 10.1. The summed E-state index contributed by atoms with van der Waals surface area (Å²) in [5.41, 5.74) is -0.872. The van der Waals surface area contributed by atoms with Crippen LogP contribution < -0.4 is 5.32 Å². The third kappa shape index (κ3) is 3.51.